The molecule has 4 rings (SSSR count). The van der Waals surface area contributed by atoms with E-state index in [0.29, 0.717) is 12.3 Å². The summed E-state index contributed by atoms with van der Waals surface area (Å²) in [5, 5.41) is 10.2. The molecule has 6 nitrogen and oxygen atoms in total. The molecule has 0 radical (unpaired) electrons. The van der Waals surface area contributed by atoms with Crippen LogP contribution in [0, 0.1) is 0 Å². The minimum atomic E-state index is -1.47. The number of rotatable bonds is 3. The van der Waals surface area contributed by atoms with Crippen molar-refractivity contribution in [1.82, 2.24) is 14.9 Å². The largest absolute Gasteiger partial charge is 0.446 e. The van der Waals surface area contributed by atoms with E-state index in [-0.39, 0.29) is 5.91 Å². The Morgan fingerprint density at radius 2 is 2.08 bits per heavy atom. The second-order valence-electron chi connectivity index (χ2n) is 6.95. The van der Waals surface area contributed by atoms with Crippen molar-refractivity contribution in [3.05, 3.63) is 72.2 Å². The highest BCUT2D eigenvalue weighted by molar-refractivity contribution is 5.85. The second-order valence-corrected chi connectivity index (χ2v) is 6.95. The number of pyridine rings is 1. The lowest BCUT2D eigenvalue weighted by molar-refractivity contribution is -0.150. The summed E-state index contributed by atoms with van der Waals surface area (Å²) in [5.41, 5.74) is 2.58. The normalized spacial score (nSPS) is 16.6. The van der Waals surface area contributed by atoms with E-state index >= 15 is 0 Å². The van der Waals surface area contributed by atoms with Crippen LogP contribution in [-0.2, 0) is 11.3 Å². The molecule has 0 fully saturated rings. The van der Waals surface area contributed by atoms with Gasteiger partial charge in [-0.25, -0.2) is 4.98 Å². The third kappa shape index (κ3) is 2.78. The van der Waals surface area contributed by atoms with Gasteiger partial charge in [0.1, 0.15) is 11.6 Å². The van der Waals surface area contributed by atoms with Gasteiger partial charge in [-0.15, -0.1) is 0 Å². The number of hydrogen-bond acceptors (Lipinski definition) is 5. The number of nitrogens with zero attached hydrogens (tertiary/aromatic N) is 3. The third-order valence-electron chi connectivity index (χ3n) is 4.59. The highest BCUT2D eigenvalue weighted by Crippen LogP contribution is 2.41. The molecule has 1 aliphatic rings. The Morgan fingerprint density at radius 3 is 2.73 bits per heavy atom. The van der Waals surface area contributed by atoms with Gasteiger partial charge in [0.05, 0.1) is 6.20 Å². The lowest BCUT2D eigenvalue weighted by Crippen LogP contribution is -2.44. The number of oxazole rings is 1. The maximum absolute atomic E-state index is 12.8. The predicted octanol–water partition coefficient (Wildman–Crippen LogP) is 2.94. The van der Waals surface area contributed by atoms with Crippen molar-refractivity contribution in [2.24, 2.45) is 0 Å². The summed E-state index contributed by atoms with van der Waals surface area (Å²) >= 11 is 0. The lowest BCUT2D eigenvalue weighted by atomic mass is 9.98. The zero-order chi connectivity index (χ0) is 18.3. The van der Waals surface area contributed by atoms with E-state index in [1.807, 2.05) is 30.5 Å². The summed E-state index contributed by atoms with van der Waals surface area (Å²) in [6.45, 7) is 3.39. The van der Waals surface area contributed by atoms with Crippen LogP contribution in [0.25, 0.3) is 11.1 Å². The summed E-state index contributed by atoms with van der Waals surface area (Å²) in [7, 11) is 0. The zero-order valence-electron chi connectivity index (χ0n) is 14.6. The van der Waals surface area contributed by atoms with Gasteiger partial charge in [0, 0.05) is 18.9 Å². The molecular weight excluding hydrogens is 330 g/mol. The fourth-order valence-corrected chi connectivity index (χ4v) is 3.37. The van der Waals surface area contributed by atoms with Gasteiger partial charge >= 0.3 is 0 Å². The molecule has 1 atom stereocenters. The Morgan fingerprint density at radius 1 is 1.23 bits per heavy atom. The van der Waals surface area contributed by atoms with Crippen molar-refractivity contribution in [3.63, 3.8) is 0 Å². The summed E-state index contributed by atoms with van der Waals surface area (Å²) < 4.78 is 5.49. The number of hydrogen-bond donors (Lipinski definition) is 1. The predicted molar refractivity (Wildman–Crippen MR) is 94.9 cm³/mol. The molecule has 0 saturated heterocycles. The maximum Gasteiger partial charge on any atom is 0.255 e. The minimum Gasteiger partial charge on any atom is -0.446 e. The molecule has 132 valence electrons. The van der Waals surface area contributed by atoms with Gasteiger partial charge in [-0.3, -0.25) is 9.78 Å². The van der Waals surface area contributed by atoms with Gasteiger partial charge in [-0.1, -0.05) is 18.2 Å². The molecule has 0 bridgehead atoms. The molecule has 1 N–H and O–H groups in total. The Kier molecular flexibility index (Phi) is 3.85. The van der Waals surface area contributed by atoms with Crippen LogP contribution in [0.5, 0.6) is 0 Å². The van der Waals surface area contributed by atoms with Crippen LogP contribution in [0.3, 0.4) is 0 Å². The molecule has 26 heavy (non-hydrogen) atoms. The number of carbonyl (C=O) groups excluding carboxylic acids is 1. The highest BCUT2D eigenvalue weighted by atomic mass is 16.3. The molecule has 0 spiro atoms. The Bertz CT molecular complexity index is 931. The van der Waals surface area contributed by atoms with Crippen molar-refractivity contribution in [1.29, 1.82) is 0 Å². The van der Waals surface area contributed by atoms with Crippen molar-refractivity contribution in [2.75, 3.05) is 0 Å². The van der Waals surface area contributed by atoms with E-state index in [1.165, 1.54) is 20.2 Å². The molecule has 3 heterocycles. The van der Waals surface area contributed by atoms with Crippen LogP contribution >= 0.6 is 0 Å². The highest BCUT2D eigenvalue weighted by Gasteiger charge is 2.41. The number of fused-ring (bicyclic) bond motifs is 1. The average molecular weight is 349 g/mol. The number of aliphatic hydroxyl groups is 1. The van der Waals surface area contributed by atoms with Crippen LogP contribution in [0.15, 0.2) is 59.7 Å². The molecule has 1 aliphatic heterocycles. The van der Waals surface area contributed by atoms with Crippen molar-refractivity contribution in [2.45, 2.75) is 32.0 Å². The van der Waals surface area contributed by atoms with Crippen molar-refractivity contribution >= 4 is 5.91 Å². The van der Waals surface area contributed by atoms with E-state index in [4.69, 9.17) is 4.42 Å². The van der Waals surface area contributed by atoms with Gasteiger partial charge in [0.25, 0.3) is 5.91 Å². The van der Waals surface area contributed by atoms with Crippen LogP contribution in [0.1, 0.15) is 36.8 Å². The Hall–Kier alpha value is -2.99. The molecule has 1 unspecified atom stereocenters. The lowest BCUT2D eigenvalue weighted by Gasteiger charge is -2.29. The summed E-state index contributed by atoms with van der Waals surface area (Å²) in [4.78, 5) is 22.6. The molecular formula is C20H19N3O3. The molecule has 2 aromatic heterocycles. The first kappa shape index (κ1) is 16.5. The fourth-order valence-electron chi connectivity index (χ4n) is 3.37. The first-order chi connectivity index (χ1) is 12.4. The van der Waals surface area contributed by atoms with Crippen LogP contribution in [0.4, 0.5) is 0 Å². The topological polar surface area (TPSA) is 79.5 Å². The standard InChI is InChI=1S/C20H19N3O3/c1-20(2,25)19(24)23-11-15-8-13(14-4-3-7-21-9-14)5-6-16(15)18(23)17-10-22-12-26-17/h3-10,12,18,25H,11H2,1-2H3. The first-order valence-corrected chi connectivity index (χ1v) is 8.40. The van der Waals surface area contributed by atoms with E-state index in [2.05, 4.69) is 16.0 Å². The Labute approximate surface area is 151 Å². The second kappa shape index (κ2) is 6.07. The number of aromatic nitrogens is 2. The number of benzene rings is 1. The van der Waals surface area contributed by atoms with Gasteiger partial charge < -0.3 is 14.4 Å². The summed E-state index contributed by atoms with van der Waals surface area (Å²) in [6.07, 6.45) is 6.51. The van der Waals surface area contributed by atoms with E-state index in [0.717, 1.165) is 22.3 Å². The van der Waals surface area contributed by atoms with E-state index in [1.54, 1.807) is 17.3 Å². The van der Waals surface area contributed by atoms with Crippen LogP contribution in [0.2, 0.25) is 0 Å². The number of amides is 1. The molecule has 3 aromatic rings. The average Bonchev–Trinajstić information content (AvgIpc) is 3.27. The molecule has 0 saturated carbocycles. The molecule has 1 amide bonds. The van der Waals surface area contributed by atoms with Gasteiger partial charge in [-0.2, -0.15) is 0 Å². The molecule has 6 heteroatoms. The smallest absolute Gasteiger partial charge is 0.255 e. The van der Waals surface area contributed by atoms with Crippen LogP contribution in [-0.4, -0.2) is 31.5 Å². The van der Waals surface area contributed by atoms with Crippen molar-refractivity contribution < 1.29 is 14.3 Å². The Balaban J connectivity index is 1.78. The number of carbonyl (C=O) groups is 1. The molecule has 1 aromatic carbocycles. The fraction of sp³-hybridized carbons (Fsp3) is 0.250. The quantitative estimate of drug-likeness (QED) is 0.786. The van der Waals surface area contributed by atoms with Gasteiger partial charge in [-0.05, 0) is 48.2 Å². The van der Waals surface area contributed by atoms with E-state index in [9.17, 15) is 9.90 Å². The maximum atomic E-state index is 12.8. The minimum absolute atomic E-state index is 0.349. The SMILES string of the molecule is CC(C)(O)C(=O)N1Cc2cc(-c3cccnc3)ccc2C1c1cnco1. The van der Waals surface area contributed by atoms with Gasteiger partial charge in [0.2, 0.25) is 0 Å². The summed E-state index contributed by atoms with van der Waals surface area (Å²) in [6, 6.07) is 9.57. The monoisotopic (exact) mass is 349 g/mol. The summed E-state index contributed by atoms with van der Waals surface area (Å²) in [5.74, 6) is 0.230. The van der Waals surface area contributed by atoms with Crippen molar-refractivity contribution in [3.8, 4) is 11.1 Å². The molecule has 0 aliphatic carbocycles. The van der Waals surface area contributed by atoms with E-state index < -0.39 is 11.6 Å². The third-order valence-corrected chi connectivity index (χ3v) is 4.59. The first-order valence-electron chi connectivity index (χ1n) is 8.40. The zero-order valence-corrected chi connectivity index (χ0v) is 14.6. The van der Waals surface area contributed by atoms with Gasteiger partial charge in [0.15, 0.2) is 12.2 Å². The van der Waals surface area contributed by atoms with Crippen LogP contribution < -0.4 is 0 Å².